The van der Waals surface area contributed by atoms with E-state index in [1.165, 1.54) is 10.9 Å². The van der Waals surface area contributed by atoms with Gasteiger partial charge >= 0.3 is 6.01 Å². The number of hydrogen-bond donors (Lipinski definition) is 1. The maximum absolute atomic E-state index is 12.0. The van der Waals surface area contributed by atoms with E-state index in [4.69, 9.17) is 8.83 Å². The van der Waals surface area contributed by atoms with Crippen molar-refractivity contribution in [1.29, 1.82) is 0 Å². The molecule has 3 rings (SSSR count). The molecule has 0 aliphatic carbocycles. The molecule has 0 bridgehead atoms. The fraction of sp³-hybridized carbons (Fsp3) is 0.167. The number of rotatable bonds is 3. The number of aryl methyl sites for hydroxylation is 2. The highest BCUT2D eigenvalue weighted by Gasteiger charge is 2.16. The molecule has 0 aromatic carbocycles. The summed E-state index contributed by atoms with van der Waals surface area (Å²) in [5, 5.41) is 14.1. The lowest BCUT2D eigenvalue weighted by molar-refractivity contribution is 0.101. The van der Waals surface area contributed by atoms with Crippen molar-refractivity contribution in [2.24, 2.45) is 7.05 Å². The molecular formula is C12H11N5O3. The van der Waals surface area contributed by atoms with E-state index in [2.05, 4.69) is 20.6 Å². The van der Waals surface area contributed by atoms with E-state index < -0.39 is 0 Å². The Morgan fingerprint density at radius 2 is 2.25 bits per heavy atom. The van der Waals surface area contributed by atoms with Gasteiger partial charge in [-0.25, -0.2) is 0 Å². The summed E-state index contributed by atoms with van der Waals surface area (Å²) >= 11 is 0. The van der Waals surface area contributed by atoms with Crippen LogP contribution in [-0.4, -0.2) is 25.9 Å². The quantitative estimate of drug-likeness (QED) is 0.778. The van der Waals surface area contributed by atoms with E-state index in [-0.39, 0.29) is 17.8 Å². The van der Waals surface area contributed by atoms with Gasteiger partial charge in [0.1, 0.15) is 5.69 Å². The van der Waals surface area contributed by atoms with Crippen LogP contribution in [0.2, 0.25) is 0 Å². The summed E-state index contributed by atoms with van der Waals surface area (Å²) in [4.78, 5) is 12.0. The van der Waals surface area contributed by atoms with Gasteiger partial charge in [-0.15, -0.1) is 5.10 Å². The van der Waals surface area contributed by atoms with Crippen LogP contribution in [0.3, 0.4) is 0 Å². The third-order valence-corrected chi connectivity index (χ3v) is 2.61. The van der Waals surface area contributed by atoms with Gasteiger partial charge in [-0.05, 0) is 25.1 Å². The minimum absolute atomic E-state index is 0.000234. The molecule has 0 radical (unpaired) electrons. The average Bonchev–Trinajstić information content (AvgIpc) is 3.09. The molecule has 0 atom stereocenters. The standard InChI is InChI=1S/C12H11N5O3/c1-7-6-8(17(2)16-7)10(18)13-12-15-14-11(20-12)9-4-3-5-19-9/h3-6H,1-2H3,(H,13,15,18). The highest BCUT2D eigenvalue weighted by molar-refractivity contribution is 6.01. The fourth-order valence-corrected chi connectivity index (χ4v) is 1.76. The Labute approximate surface area is 113 Å². The summed E-state index contributed by atoms with van der Waals surface area (Å²) in [5.74, 6) is 0.267. The smallest absolute Gasteiger partial charge is 0.322 e. The zero-order chi connectivity index (χ0) is 14.1. The second-order valence-corrected chi connectivity index (χ2v) is 4.14. The lowest BCUT2D eigenvalue weighted by Gasteiger charge is -1.99. The SMILES string of the molecule is Cc1cc(C(=O)Nc2nnc(-c3ccco3)o2)n(C)n1. The molecule has 0 saturated carbocycles. The summed E-state index contributed by atoms with van der Waals surface area (Å²) < 4.78 is 11.9. The molecule has 0 unspecified atom stereocenters. The Morgan fingerprint density at radius 3 is 2.90 bits per heavy atom. The number of nitrogens with zero attached hydrogens (tertiary/aromatic N) is 4. The summed E-state index contributed by atoms with van der Waals surface area (Å²) in [7, 11) is 1.68. The minimum atomic E-state index is -0.372. The van der Waals surface area contributed by atoms with Gasteiger partial charge in [0.15, 0.2) is 5.76 Å². The predicted molar refractivity (Wildman–Crippen MR) is 67.9 cm³/mol. The summed E-state index contributed by atoms with van der Waals surface area (Å²) in [6, 6.07) is 5.05. The third-order valence-electron chi connectivity index (χ3n) is 2.61. The third kappa shape index (κ3) is 2.18. The van der Waals surface area contributed by atoms with Crippen LogP contribution in [0.25, 0.3) is 11.7 Å². The largest absolute Gasteiger partial charge is 0.459 e. The Hall–Kier alpha value is -2.90. The minimum Gasteiger partial charge on any atom is -0.459 e. The number of furan rings is 1. The van der Waals surface area contributed by atoms with Gasteiger partial charge in [0.25, 0.3) is 11.8 Å². The van der Waals surface area contributed by atoms with Gasteiger partial charge in [-0.2, -0.15) is 5.10 Å². The number of nitrogens with one attached hydrogen (secondary N) is 1. The lowest BCUT2D eigenvalue weighted by atomic mass is 10.3. The zero-order valence-corrected chi connectivity index (χ0v) is 10.8. The summed E-state index contributed by atoms with van der Waals surface area (Å²) in [6.07, 6.45) is 1.50. The molecule has 0 saturated heterocycles. The van der Waals surface area contributed by atoms with Gasteiger partial charge in [-0.3, -0.25) is 14.8 Å². The first-order valence-electron chi connectivity index (χ1n) is 5.83. The van der Waals surface area contributed by atoms with E-state index >= 15 is 0 Å². The summed E-state index contributed by atoms with van der Waals surface area (Å²) in [5.41, 5.74) is 1.15. The van der Waals surface area contributed by atoms with Crippen LogP contribution in [-0.2, 0) is 7.05 Å². The summed E-state index contributed by atoms with van der Waals surface area (Å²) in [6.45, 7) is 1.80. The van der Waals surface area contributed by atoms with Crippen molar-refractivity contribution in [3.8, 4) is 11.7 Å². The maximum Gasteiger partial charge on any atom is 0.322 e. The molecule has 8 heteroatoms. The van der Waals surface area contributed by atoms with Crippen molar-refractivity contribution in [2.45, 2.75) is 6.92 Å². The molecule has 3 aromatic heterocycles. The van der Waals surface area contributed by atoms with Crippen molar-refractivity contribution < 1.29 is 13.6 Å². The van der Waals surface area contributed by atoms with Crippen LogP contribution in [0.4, 0.5) is 6.01 Å². The van der Waals surface area contributed by atoms with Crippen LogP contribution in [0.1, 0.15) is 16.2 Å². The van der Waals surface area contributed by atoms with Crippen molar-refractivity contribution in [3.63, 3.8) is 0 Å². The predicted octanol–water partition coefficient (Wildman–Crippen LogP) is 1.62. The molecule has 1 N–H and O–H groups in total. The first-order chi connectivity index (χ1) is 9.63. The second-order valence-electron chi connectivity index (χ2n) is 4.14. The Morgan fingerprint density at radius 1 is 1.40 bits per heavy atom. The fourth-order valence-electron chi connectivity index (χ4n) is 1.76. The van der Waals surface area contributed by atoms with Crippen LogP contribution in [0.5, 0.6) is 0 Å². The van der Waals surface area contributed by atoms with E-state index in [9.17, 15) is 4.79 Å². The Kier molecular flexibility index (Phi) is 2.82. The molecule has 3 aromatic rings. The molecule has 0 fully saturated rings. The van der Waals surface area contributed by atoms with E-state index in [1.807, 2.05) is 0 Å². The number of hydrogen-bond acceptors (Lipinski definition) is 6. The van der Waals surface area contributed by atoms with Crippen molar-refractivity contribution in [2.75, 3.05) is 5.32 Å². The lowest BCUT2D eigenvalue weighted by Crippen LogP contribution is -2.16. The number of carbonyl (C=O) groups is 1. The van der Waals surface area contributed by atoms with Gasteiger partial charge in [0.2, 0.25) is 0 Å². The Bertz CT molecular complexity index is 741. The highest BCUT2D eigenvalue weighted by atomic mass is 16.4. The number of anilines is 1. The molecule has 20 heavy (non-hydrogen) atoms. The van der Waals surface area contributed by atoms with Crippen molar-refractivity contribution in [1.82, 2.24) is 20.0 Å². The van der Waals surface area contributed by atoms with Gasteiger partial charge in [0, 0.05) is 7.05 Å². The average molecular weight is 273 g/mol. The van der Waals surface area contributed by atoms with Crippen LogP contribution in [0, 0.1) is 6.92 Å². The highest BCUT2D eigenvalue weighted by Crippen LogP contribution is 2.20. The zero-order valence-electron chi connectivity index (χ0n) is 10.8. The number of amides is 1. The molecule has 3 heterocycles. The second kappa shape index (κ2) is 4.65. The Balaban J connectivity index is 1.78. The molecule has 8 nitrogen and oxygen atoms in total. The van der Waals surface area contributed by atoms with Gasteiger partial charge < -0.3 is 8.83 Å². The van der Waals surface area contributed by atoms with Crippen LogP contribution < -0.4 is 5.32 Å². The molecule has 1 amide bonds. The number of carbonyl (C=O) groups excluding carboxylic acids is 1. The topological polar surface area (TPSA) is 99.0 Å². The van der Waals surface area contributed by atoms with E-state index in [1.54, 1.807) is 32.2 Å². The normalized spacial score (nSPS) is 10.7. The number of aromatic nitrogens is 4. The maximum atomic E-state index is 12.0. The van der Waals surface area contributed by atoms with E-state index in [0.717, 1.165) is 5.69 Å². The molecule has 0 aliphatic rings. The first kappa shape index (κ1) is 12.2. The molecule has 0 aliphatic heterocycles. The van der Waals surface area contributed by atoms with E-state index in [0.29, 0.717) is 11.5 Å². The van der Waals surface area contributed by atoms with Gasteiger partial charge in [-0.1, -0.05) is 5.10 Å². The monoisotopic (exact) mass is 273 g/mol. The van der Waals surface area contributed by atoms with Crippen LogP contribution in [0.15, 0.2) is 33.3 Å². The van der Waals surface area contributed by atoms with Crippen molar-refractivity contribution >= 4 is 11.9 Å². The molecule has 102 valence electrons. The van der Waals surface area contributed by atoms with Crippen LogP contribution >= 0.6 is 0 Å². The van der Waals surface area contributed by atoms with Crippen molar-refractivity contribution in [3.05, 3.63) is 35.9 Å². The van der Waals surface area contributed by atoms with Gasteiger partial charge in [0.05, 0.1) is 12.0 Å². The first-order valence-corrected chi connectivity index (χ1v) is 5.83. The molecular weight excluding hydrogens is 262 g/mol. The molecule has 0 spiro atoms.